The summed E-state index contributed by atoms with van der Waals surface area (Å²) in [4.78, 5) is 13.1. The summed E-state index contributed by atoms with van der Waals surface area (Å²) in [5, 5.41) is 15.1. The third kappa shape index (κ3) is 3.44. The molecule has 0 aliphatic heterocycles. The van der Waals surface area contributed by atoms with E-state index in [1.165, 1.54) is 12.8 Å². The topological polar surface area (TPSA) is 92.1 Å². The molecule has 1 aliphatic carbocycles. The van der Waals surface area contributed by atoms with Crippen molar-refractivity contribution in [2.75, 3.05) is 25.0 Å². The first kappa shape index (κ1) is 14.6. The molecule has 0 unspecified atom stereocenters. The number of nitrogens with zero attached hydrogens (tertiary/aromatic N) is 5. The molecule has 0 spiro atoms. The van der Waals surface area contributed by atoms with E-state index < -0.39 is 0 Å². The van der Waals surface area contributed by atoms with Crippen LogP contribution in [0.15, 0.2) is 17.5 Å². The van der Waals surface area contributed by atoms with Crippen LogP contribution in [-0.2, 0) is 7.05 Å². The van der Waals surface area contributed by atoms with Crippen molar-refractivity contribution >= 4 is 22.8 Å². The van der Waals surface area contributed by atoms with E-state index in [4.69, 9.17) is 0 Å². The Balaban J connectivity index is 1.57. The molecular weight excluding hydrogens is 280 g/mol. The second-order valence-electron chi connectivity index (χ2n) is 5.33. The first-order chi connectivity index (χ1) is 10.8. The van der Waals surface area contributed by atoms with Crippen molar-refractivity contribution in [2.24, 2.45) is 12.0 Å². The lowest BCUT2D eigenvalue weighted by atomic mass is 10.4. The van der Waals surface area contributed by atoms with Crippen LogP contribution in [0.1, 0.15) is 19.8 Å². The Hall–Kier alpha value is -2.38. The van der Waals surface area contributed by atoms with Gasteiger partial charge in [-0.1, -0.05) is 0 Å². The third-order valence-corrected chi connectivity index (χ3v) is 3.47. The van der Waals surface area contributed by atoms with Crippen molar-refractivity contribution in [1.82, 2.24) is 30.4 Å². The summed E-state index contributed by atoms with van der Waals surface area (Å²) in [5.41, 5.74) is 0.824. The van der Waals surface area contributed by atoms with E-state index in [2.05, 4.69) is 42.9 Å². The van der Waals surface area contributed by atoms with Gasteiger partial charge in [0.15, 0.2) is 11.6 Å². The summed E-state index contributed by atoms with van der Waals surface area (Å²) in [6.07, 6.45) is 5.80. The summed E-state index contributed by atoms with van der Waals surface area (Å²) in [6.45, 7) is 4.33. The summed E-state index contributed by atoms with van der Waals surface area (Å²) < 4.78 is 1.74. The summed E-state index contributed by atoms with van der Waals surface area (Å²) in [5.74, 6) is 1.69. The molecule has 1 fully saturated rings. The molecule has 8 heteroatoms. The predicted octanol–water partition coefficient (Wildman–Crippen LogP) is 0.493. The number of aryl methyl sites for hydroxylation is 1. The molecule has 2 aromatic rings. The zero-order valence-electron chi connectivity index (χ0n) is 13.0. The van der Waals surface area contributed by atoms with Crippen LogP contribution in [0.25, 0.3) is 11.0 Å². The van der Waals surface area contributed by atoms with Crippen molar-refractivity contribution in [3.05, 3.63) is 12.5 Å². The van der Waals surface area contributed by atoms with Crippen molar-refractivity contribution in [3.63, 3.8) is 0 Å². The van der Waals surface area contributed by atoms with Gasteiger partial charge in [-0.15, -0.1) is 0 Å². The first-order valence-corrected chi connectivity index (χ1v) is 7.69. The van der Waals surface area contributed by atoms with Crippen LogP contribution in [-0.4, -0.2) is 51.4 Å². The standard InChI is InChI=1S/C14H22N8/c1-3-15-14(21-10-4-5-10)17-7-6-16-12-11-8-20-22(2)13(11)19-9-18-12/h8-10H,3-7H2,1-2H3,(H2,15,17,21)(H,16,18,19). The molecule has 0 atom stereocenters. The average molecular weight is 302 g/mol. The minimum atomic E-state index is 0.600. The van der Waals surface area contributed by atoms with Gasteiger partial charge >= 0.3 is 0 Å². The zero-order valence-corrected chi connectivity index (χ0v) is 13.0. The molecule has 0 bridgehead atoms. The van der Waals surface area contributed by atoms with Crippen LogP contribution >= 0.6 is 0 Å². The first-order valence-electron chi connectivity index (χ1n) is 7.69. The van der Waals surface area contributed by atoms with Crippen LogP contribution < -0.4 is 16.0 Å². The molecule has 0 radical (unpaired) electrons. The highest BCUT2D eigenvalue weighted by molar-refractivity contribution is 5.86. The van der Waals surface area contributed by atoms with Crippen molar-refractivity contribution in [1.29, 1.82) is 0 Å². The van der Waals surface area contributed by atoms with Gasteiger partial charge in [0.2, 0.25) is 0 Å². The van der Waals surface area contributed by atoms with Crippen LogP contribution in [0, 0.1) is 0 Å². The summed E-state index contributed by atoms with van der Waals surface area (Å²) >= 11 is 0. The fourth-order valence-corrected chi connectivity index (χ4v) is 2.19. The maximum Gasteiger partial charge on any atom is 0.191 e. The lowest BCUT2D eigenvalue weighted by Gasteiger charge is -2.10. The van der Waals surface area contributed by atoms with E-state index in [-0.39, 0.29) is 0 Å². The van der Waals surface area contributed by atoms with Gasteiger partial charge in [0.25, 0.3) is 0 Å². The highest BCUT2D eigenvalue weighted by atomic mass is 15.3. The molecule has 3 rings (SSSR count). The fraction of sp³-hybridized carbons (Fsp3) is 0.571. The largest absolute Gasteiger partial charge is 0.367 e. The lowest BCUT2D eigenvalue weighted by molar-refractivity contribution is 0.785. The highest BCUT2D eigenvalue weighted by Crippen LogP contribution is 2.18. The van der Waals surface area contributed by atoms with Gasteiger partial charge in [0.1, 0.15) is 12.1 Å². The second-order valence-corrected chi connectivity index (χ2v) is 5.33. The van der Waals surface area contributed by atoms with Gasteiger partial charge in [-0.2, -0.15) is 5.10 Å². The monoisotopic (exact) mass is 302 g/mol. The number of guanidine groups is 1. The van der Waals surface area contributed by atoms with Gasteiger partial charge in [-0.3, -0.25) is 9.67 Å². The second kappa shape index (κ2) is 6.59. The number of aromatic nitrogens is 4. The highest BCUT2D eigenvalue weighted by Gasteiger charge is 2.21. The van der Waals surface area contributed by atoms with Crippen LogP contribution in [0.4, 0.5) is 5.82 Å². The maximum absolute atomic E-state index is 4.56. The molecule has 2 aromatic heterocycles. The average Bonchev–Trinajstić information content (AvgIpc) is 3.26. The molecule has 3 N–H and O–H groups in total. The Labute approximate surface area is 129 Å². The maximum atomic E-state index is 4.56. The molecule has 0 aromatic carbocycles. The molecule has 8 nitrogen and oxygen atoms in total. The molecular formula is C14H22N8. The molecule has 1 aliphatic rings. The van der Waals surface area contributed by atoms with E-state index in [0.29, 0.717) is 19.1 Å². The SMILES string of the molecule is CCNC(=NCCNc1ncnc2c1cnn2C)NC1CC1. The smallest absolute Gasteiger partial charge is 0.191 e. The van der Waals surface area contributed by atoms with Crippen LogP contribution in [0.5, 0.6) is 0 Å². The minimum Gasteiger partial charge on any atom is -0.367 e. The number of rotatable bonds is 6. The molecule has 1 saturated carbocycles. The number of hydrogen-bond acceptors (Lipinski definition) is 5. The van der Waals surface area contributed by atoms with E-state index in [0.717, 1.165) is 29.4 Å². The van der Waals surface area contributed by atoms with E-state index in [9.17, 15) is 0 Å². The lowest BCUT2D eigenvalue weighted by Crippen LogP contribution is -2.38. The number of fused-ring (bicyclic) bond motifs is 1. The van der Waals surface area contributed by atoms with E-state index in [1.807, 2.05) is 7.05 Å². The van der Waals surface area contributed by atoms with E-state index >= 15 is 0 Å². The molecule has 0 amide bonds. The number of nitrogens with one attached hydrogen (secondary N) is 3. The van der Waals surface area contributed by atoms with Gasteiger partial charge in [-0.05, 0) is 19.8 Å². The molecule has 0 saturated heterocycles. The molecule has 22 heavy (non-hydrogen) atoms. The zero-order chi connectivity index (χ0) is 15.4. The Bertz CT molecular complexity index is 658. The minimum absolute atomic E-state index is 0.600. The Morgan fingerprint density at radius 1 is 1.41 bits per heavy atom. The van der Waals surface area contributed by atoms with Crippen molar-refractivity contribution in [2.45, 2.75) is 25.8 Å². The van der Waals surface area contributed by atoms with Gasteiger partial charge in [0.05, 0.1) is 18.1 Å². The number of hydrogen-bond donors (Lipinski definition) is 3. The van der Waals surface area contributed by atoms with Gasteiger partial charge in [-0.25, -0.2) is 9.97 Å². The Kier molecular flexibility index (Phi) is 4.36. The number of anilines is 1. The van der Waals surface area contributed by atoms with Gasteiger partial charge in [0, 0.05) is 26.2 Å². The third-order valence-electron chi connectivity index (χ3n) is 3.47. The fourth-order valence-electron chi connectivity index (χ4n) is 2.19. The van der Waals surface area contributed by atoms with Crippen molar-refractivity contribution in [3.8, 4) is 0 Å². The van der Waals surface area contributed by atoms with Gasteiger partial charge < -0.3 is 16.0 Å². The molecule has 118 valence electrons. The molecule has 2 heterocycles. The predicted molar refractivity (Wildman–Crippen MR) is 86.9 cm³/mol. The van der Waals surface area contributed by atoms with E-state index in [1.54, 1.807) is 17.2 Å². The Morgan fingerprint density at radius 2 is 2.27 bits per heavy atom. The Morgan fingerprint density at radius 3 is 3.05 bits per heavy atom. The normalized spacial score (nSPS) is 15.1. The van der Waals surface area contributed by atoms with Crippen LogP contribution in [0.3, 0.4) is 0 Å². The summed E-state index contributed by atoms with van der Waals surface area (Å²) in [6, 6.07) is 0.600. The number of aliphatic imine (C=N–C) groups is 1. The quantitative estimate of drug-likeness (QED) is 0.409. The summed E-state index contributed by atoms with van der Waals surface area (Å²) in [7, 11) is 1.87. The van der Waals surface area contributed by atoms with Crippen molar-refractivity contribution < 1.29 is 0 Å². The van der Waals surface area contributed by atoms with Crippen LogP contribution in [0.2, 0.25) is 0 Å².